The fraction of sp³-hybridized carbons (Fsp3) is 0.500. The van der Waals surface area contributed by atoms with Gasteiger partial charge in [0.1, 0.15) is 5.82 Å². The first kappa shape index (κ1) is 19.9. The third kappa shape index (κ3) is 4.61. The number of pyridine rings is 1. The lowest BCUT2D eigenvalue weighted by Gasteiger charge is -2.35. The number of fused-ring (bicyclic) bond motifs is 1. The Hall–Kier alpha value is -2.40. The smallest absolute Gasteiger partial charge is 0.253 e. The highest BCUT2D eigenvalue weighted by molar-refractivity contribution is 6.09. The van der Waals surface area contributed by atoms with Crippen molar-refractivity contribution in [2.45, 2.75) is 39.0 Å². The fourth-order valence-electron chi connectivity index (χ4n) is 4.45. The Morgan fingerprint density at radius 3 is 2.62 bits per heavy atom. The standard InChI is InChI=1S/C24H32N4O/c1-2-27-14-16-28(17-15-27)23-21-11-7-6-10-20(21)22(18-26-23)24(29)25-13-12-19-8-4-3-5-9-19/h6-8,10-11,18H,2-5,9,12-17H2,1H3,(H,25,29). The fourth-order valence-corrected chi connectivity index (χ4v) is 4.45. The van der Waals surface area contributed by atoms with Crippen LogP contribution in [0.25, 0.3) is 10.8 Å². The van der Waals surface area contributed by atoms with Crippen molar-refractivity contribution < 1.29 is 4.79 Å². The first-order valence-corrected chi connectivity index (χ1v) is 11.1. The summed E-state index contributed by atoms with van der Waals surface area (Å²) >= 11 is 0. The van der Waals surface area contributed by atoms with E-state index in [0.717, 1.165) is 55.7 Å². The number of amides is 1. The Balaban J connectivity index is 1.49. The minimum absolute atomic E-state index is 0.0209. The highest BCUT2D eigenvalue weighted by Crippen LogP contribution is 2.28. The molecule has 0 unspecified atom stereocenters. The highest BCUT2D eigenvalue weighted by atomic mass is 16.1. The zero-order valence-corrected chi connectivity index (χ0v) is 17.5. The highest BCUT2D eigenvalue weighted by Gasteiger charge is 2.21. The van der Waals surface area contributed by atoms with Crippen LogP contribution < -0.4 is 10.2 Å². The molecule has 1 fully saturated rings. The molecule has 2 heterocycles. The maximum atomic E-state index is 12.9. The monoisotopic (exact) mass is 392 g/mol. The summed E-state index contributed by atoms with van der Waals surface area (Å²) in [7, 11) is 0. The molecule has 0 spiro atoms. The number of hydrogen-bond acceptors (Lipinski definition) is 4. The number of piperazine rings is 1. The van der Waals surface area contributed by atoms with Gasteiger partial charge in [-0.3, -0.25) is 4.79 Å². The molecule has 4 rings (SSSR count). The van der Waals surface area contributed by atoms with Gasteiger partial charge in [-0.1, -0.05) is 42.8 Å². The van der Waals surface area contributed by atoms with Crippen LogP contribution in [0.2, 0.25) is 0 Å². The van der Waals surface area contributed by atoms with Crippen LogP contribution >= 0.6 is 0 Å². The van der Waals surface area contributed by atoms with Crippen molar-refractivity contribution in [2.75, 3.05) is 44.2 Å². The molecule has 2 aliphatic rings. The number of nitrogens with one attached hydrogen (secondary N) is 1. The predicted molar refractivity (Wildman–Crippen MR) is 120 cm³/mol. The molecule has 2 aromatic rings. The molecular formula is C24H32N4O. The summed E-state index contributed by atoms with van der Waals surface area (Å²) < 4.78 is 0. The Morgan fingerprint density at radius 1 is 1.10 bits per heavy atom. The third-order valence-corrected chi connectivity index (χ3v) is 6.25. The summed E-state index contributed by atoms with van der Waals surface area (Å²) in [5.41, 5.74) is 2.16. The van der Waals surface area contributed by atoms with Gasteiger partial charge in [0.25, 0.3) is 5.91 Å². The van der Waals surface area contributed by atoms with Crippen LogP contribution in [0.3, 0.4) is 0 Å². The average Bonchev–Trinajstić information content (AvgIpc) is 2.79. The largest absolute Gasteiger partial charge is 0.354 e. The van der Waals surface area contributed by atoms with Crippen molar-refractivity contribution in [3.05, 3.63) is 47.7 Å². The molecule has 1 N–H and O–H groups in total. The van der Waals surface area contributed by atoms with Crippen LogP contribution in [0, 0.1) is 0 Å². The van der Waals surface area contributed by atoms with Gasteiger partial charge in [0.15, 0.2) is 0 Å². The molecule has 0 radical (unpaired) electrons. The number of carbonyl (C=O) groups excluding carboxylic acids is 1. The summed E-state index contributed by atoms with van der Waals surface area (Å²) in [6.45, 7) is 8.07. The number of benzene rings is 1. The maximum absolute atomic E-state index is 12.9. The van der Waals surface area contributed by atoms with Gasteiger partial charge in [0.2, 0.25) is 0 Å². The number of anilines is 1. The first-order valence-electron chi connectivity index (χ1n) is 11.1. The molecule has 0 bridgehead atoms. The Kier molecular flexibility index (Phi) is 6.45. The zero-order valence-electron chi connectivity index (χ0n) is 17.5. The normalized spacial score (nSPS) is 18.0. The summed E-state index contributed by atoms with van der Waals surface area (Å²) in [5, 5.41) is 5.17. The number of likely N-dealkylation sites (N-methyl/N-ethyl adjacent to an activating group) is 1. The van der Waals surface area contributed by atoms with Gasteiger partial charge in [-0.15, -0.1) is 0 Å². The Morgan fingerprint density at radius 2 is 1.90 bits per heavy atom. The number of aromatic nitrogens is 1. The molecule has 1 aliphatic heterocycles. The zero-order chi connectivity index (χ0) is 20.1. The molecule has 29 heavy (non-hydrogen) atoms. The molecule has 154 valence electrons. The molecule has 5 nitrogen and oxygen atoms in total. The van der Waals surface area contributed by atoms with E-state index in [0.29, 0.717) is 12.1 Å². The lowest BCUT2D eigenvalue weighted by atomic mass is 9.97. The van der Waals surface area contributed by atoms with Gasteiger partial charge in [-0.05, 0) is 44.0 Å². The van der Waals surface area contributed by atoms with Crippen molar-refractivity contribution in [1.29, 1.82) is 0 Å². The van der Waals surface area contributed by atoms with Crippen LogP contribution in [-0.2, 0) is 0 Å². The van der Waals surface area contributed by atoms with E-state index >= 15 is 0 Å². The number of carbonyl (C=O) groups is 1. The van der Waals surface area contributed by atoms with E-state index in [4.69, 9.17) is 4.98 Å². The number of allylic oxidation sites excluding steroid dienone is 1. The van der Waals surface area contributed by atoms with E-state index in [2.05, 4.69) is 34.2 Å². The number of nitrogens with zero attached hydrogens (tertiary/aromatic N) is 3. The van der Waals surface area contributed by atoms with Gasteiger partial charge in [-0.2, -0.15) is 0 Å². The van der Waals surface area contributed by atoms with E-state index in [1.54, 1.807) is 6.20 Å². The lowest BCUT2D eigenvalue weighted by Crippen LogP contribution is -2.46. The van der Waals surface area contributed by atoms with Gasteiger partial charge in [0, 0.05) is 44.3 Å². The molecule has 1 aromatic heterocycles. The summed E-state index contributed by atoms with van der Waals surface area (Å²) in [6, 6.07) is 8.17. The van der Waals surface area contributed by atoms with Gasteiger partial charge in [0.05, 0.1) is 5.56 Å². The quantitative estimate of drug-likeness (QED) is 0.755. The average molecular weight is 393 g/mol. The molecule has 1 aliphatic carbocycles. The molecule has 0 saturated carbocycles. The van der Waals surface area contributed by atoms with Gasteiger partial charge < -0.3 is 15.1 Å². The Bertz CT molecular complexity index is 884. The van der Waals surface area contributed by atoms with Crippen LogP contribution in [-0.4, -0.2) is 55.1 Å². The van der Waals surface area contributed by atoms with Crippen LogP contribution in [0.15, 0.2) is 42.1 Å². The molecule has 1 amide bonds. The second-order valence-electron chi connectivity index (χ2n) is 8.08. The van der Waals surface area contributed by atoms with Gasteiger partial charge in [-0.25, -0.2) is 4.98 Å². The van der Waals surface area contributed by atoms with Crippen molar-refractivity contribution in [3.8, 4) is 0 Å². The van der Waals surface area contributed by atoms with E-state index in [-0.39, 0.29) is 5.91 Å². The number of hydrogen-bond donors (Lipinski definition) is 1. The lowest BCUT2D eigenvalue weighted by molar-refractivity contribution is 0.0955. The summed E-state index contributed by atoms with van der Waals surface area (Å²) in [6.07, 6.45) is 10.0. The second-order valence-corrected chi connectivity index (χ2v) is 8.08. The van der Waals surface area contributed by atoms with Crippen molar-refractivity contribution in [3.63, 3.8) is 0 Å². The van der Waals surface area contributed by atoms with E-state index in [1.165, 1.54) is 31.3 Å². The molecular weight excluding hydrogens is 360 g/mol. The van der Waals surface area contributed by atoms with E-state index in [9.17, 15) is 4.79 Å². The van der Waals surface area contributed by atoms with Crippen molar-refractivity contribution in [2.24, 2.45) is 0 Å². The van der Waals surface area contributed by atoms with Gasteiger partial charge >= 0.3 is 0 Å². The molecule has 5 heteroatoms. The van der Waals surface area contributed by atoms with Crippen LogP contribution in [0.4, 0.5) is 5.82 Å². The molecule has 1 saturated heterocycles. The topological polar surface area (TPSA) is 48.5 Å². The predicted octanol–water partition coefficient (Wildman–Crippen LogP) is 4.00. The summed E-state index contributed by atoms with van der Waals surface area (Å²) in [5.74, 6) is 0.979. The minimum atomic E-state index is -0.0209. The van der Waals surface area contributed by atoms with Crippen molar-refractivity contribution >= 4 is 22.5 Å². The molecule has 1 aromatic carbocycles. The molecule has 0 atom stereocenters. The van der Waals surface area contributed by atoms with Crippen LogP contribution in [0.1, 0.15) is 49.4 Å². The van der Waals surface area contributed by atoms with E-state index in [1.807, 2.05) is 18.2 Å². The SMILES string of the molecule is CCN1CCN(c2ncc(C(=O)NCCC3=CCCCC3)c3ccccc23)CC1. The van der Waals surface area contributed by atoms with Crippen LogP contribution in [0.5, 0.6) is 0 Å². The minimum Gasteiger partial charge on any atom is -0.354 e. The van der Waals surface area contributed by atoms with Crippen molar-refractivity contribution in [1.82, 2.24) is 15.2 Å². The first-order chi connectivity index (χ1) is 14.3. The third-order valence-electron chi connectivity index (χ3n) is 6.25. The Labute approximate surface area is 173 Å². The van der Waals surface area contributed by atoms with E-state index < -0.39 is 0 Å². The maximum Gasteiger partial charge on any atom is 0.253 e. The number of rotatable bonds is 6. The summed E-state index contributed by atoms with van der Waals surface area (Å²) in [4.78, 5) is 22.4. The second kappa shape index (κ2) is 9.40.